The Kier molecular flexibility index (Phi) is 4.07. The molecule has 8 heteroatoms. The number of nitrogens with zero attached hydrogens (tertiary/aromatic N) is 2. The second-order valence-corrected chi connectivity index (χ2v) is 8.58. The van der Waals surface area contributed by atoms with Gasteiger partial charge in [0.2, 0.25) is 0 Å². The van der Waals surface area contributed by atoms with Crippen molar-refractivity contribution in [2.75, 3.05) is 6.26 Å². The monoisotopic (exact) mass is 375 g/mol. The minimum Gasteiger partial charge on any atom is -0.323 e. The third-order valence-electron chi connectivity index (χ3n) is 3.93. The summed E-state index contributed by atoms with van der Waals surface area (Å²) in [5.74, 6) is 0. The molecule has 0 saturated carbocycles. The molecule has 0 saturated heterocycles. The highest BCUT2D eigenvalue weighted by Crippen LogP contribution is 2.30. The number of imidazole rings is 1. The van der Waals surface area contributed by atoms with Crippen molar-refractivity contribution in [3.8, 4) is 0 Å². The van der Waals surface area contributed by atoms with Crippen LogP contribution >= 0.6 is 15.9 Å². The molecular weight excluding hydrogens is 358 g/mol. The summed E-state index contributed by atoms with van der Waals surface area (Å²) < 4.78 is 27.1. The van der Waals surface area contributed by atoms with Gasteiger partial charge in [-0.1, -0.05) is 15.9 Å². The van der Waals surface area contributed by atoms with Gasteiger partial charge < -0.3 is 5.73 Å². The number of sulfone groups is 1. The van der Waals surface area contributed by atoms with E-state index in [9.17, 15) is 13.2 Å². The van der Waals surface area contributed by atoms with Crippen LogP contribution < -0.4 is 11.4 Å². The maximum absolute atomic E-state index is 12.0. The molecule has 2 unspecified atom stereocenters. The molecule has 2 N–H and O–H groups in total. The van der Waals surface area contributed by atoms with Crippen LogP contribution in [0.5, 0.6) is 0 Å². The molecular formula is C13H18BrN3O3S. The van der Waals surface area contributed by atoms with E-state index in [-0.39, 0.29) is 5.69 Å². The summed E-state index contributed by atoms with van der Waals surface area (Å²) in [5, 5.41) is -0.716. The normalized spacial score (nSPS) is 15.3. The summed E-state index contributed by atoms with van der Waals surface area (Å²) in [5.41, 5.74) is 8.12. The van der Waals surface area contributed by atoms with Crippen molar-refractivity contribution in [1.29, 1.82) is 0 Å². The topological polar surface area (TPSA) is 87.1 Å². The van der Waals surface area contributed by atoms with E-state index in [1.54, 1.807) is 33.2 Å². The fourth-order valence-electron chi connectivity index (χ4n) is 2.31. The lowest BCUT2D eigenvalue weighted by Crippen LogP contribution is -2.30. The zero-order chi connectivity index (χ0) is 16.1. The van der Waals surface area contributed by atoms with Crippen LogP contribution in [-0.4, -0.2) is 29.1 Å². The number of nitrogens with two attached hydrogens (primary N) is 1. The standard InChI is InChI=1S/C13H18BrN3O3S/c1-7(21(4,19)20)12(15)8-5-10-11(6-9(8)14)17(3)13(18)16(10)2/h5-7,12H,15H2,1-4H3. The molecule has 21 heavy (non-hydrogen) atoms. The van der Waals surface area contributed by atoms with Crippen molar-refractivity contribution in [2.45, 2.75) is 18.2 Å². The highest BCUT2D eigenvalue weighted by atomic mass is 79.9. The van der Waals surface area contributed by atoms with Crippen molar-refractivity contribution in [3.63, 3.8) is 0 Å². The Bertz CT molecular complexity index is 867. The van der Waals surface area contributed by atoms with Crippen LogP contribution in [0.25, 0.3) is 11.0 Å². The third-order valence-corrected chi connectivity index (χ3v) is 6.26. The number of aryl methyl sites for hydroxylation is 2. The maximum atomic E-state index is 12.0. The summed E-state index contributed by atoms with van der Waals surface area (Å²) in [4.78, 5) is 12.0. The molecule has 1 aromatic heterocycles. The SMILES string of the molecule is CC(C(N)c1cc2c(cc1Br)n(C)c(=O)n2C)S(C)(=O)=O. The lowest BCUT2D eigenvalue weighted by Gasteiger charge is -2.20. The smallest absolute Gasteiger partial charge is 0.323 e. The molecule has 2 rings (SSSR count). The summed E-state index contributed by atoms with van der Waals surface area (Å²) in [6.45, 7) is 1.58. The van der Waals surface area contributed by atoms with Gasteiger partial charge in [0.1, 0.15) is 0 Å². The first-order valence-corrected chi connectivity index (χ1v) is 9.09. The molecule has 0 bridgehead atoms. The number of fused-ring (bicyclic) bond motifs is 1. The second kappa shape index (κ2) is 5.26. The summed E-state index contributed by atoms with van der Waals surface area (Å²) >= 11 is 3.42. The number of rotatable bonds is 3. The Morgan fingerprint density at radius 2 is 1.67 bits per heavy atom. The Balaban J connectivity index is 2.69. The molecule has 116 valence electrons. The van der Waals surface area contributed by atoms with Gasteiger partial charge in [-0.3, -0.25) is 9.13 Å². The molecule has 2 aromatic rings. The van der Waals surface area contributed by atoms with E-state index in [2.05, 4.69) is 15.9 Å². The van der Waals surface area contributed by atoms with Crippen LogP contribution in [-0.2, 0) is 23.9 Å². The summed E-state index contributed by atoms with van der Waals surface area (Å²) in [6.07, 6.45) is 1.17. The van der Waals surface area contributed by atoms with Crippen molar-refractivity contribution in [2.24, 2.45) is 19.8 Å². The van der Waals surface area contributed by atoms with Gasteiger partial charge >= 0.3 is 5.69 Å². The Morgan fingerprint density at radius 1 is 1.19 bits per heavy atom. The van der Waals surface area contributed by atoms with Crippen LogP contribution in [0.2, 0.25) is 0 Å². The number of hydrogen-bond acceptors (Lipinski definition) is 4. The van der Waals surface area contributed by atoms with Crippen molar-refractivity contribution >= 4 is 36.8 Å². The minimum absolute atomic E-state index is 0.140. The van der Waals surface area contributed by atoms with Gasteiger partial charge in [0.25, 0.3) is 0 Å². The van der Waals surface area contributed by atoms with Gasteiger partial charge in [-0.05, 0) is 24.6 Å². The van der Waals surface area contributed by atoms with Crippen LogP contribution in [0.3, 0.4) is 0 Å². The third kappa shape index (κ3) is 2.67. The largest absolute Gasteiger partial charge is 0.328 e. The maximum Gasteiger partial charge on any atom is 0.328 e. The Morgan fingerprint density at radius 3 is 2.14 bits per heavy atom. The highest BCUT2D eigenvalue weighted by molar-refractivity contribution is 9.10. The van der Waals surface area contributed by atoms with Crippen LogP contribution in [0.4, 0.5) is 0 Å². The lowest BCUT2D eigenvalue weighted by atomic mass is 10.0. The number of benzene rings is 1. The molecule has 0 aliphatic carbocycles. The Labute approximate surface area is 131 Å². The van der Waals surface area contributed by atoms with Crippen LogP contribution in [0.15, 0.2) is 21.4 Å². The first kappa shape index (κ1) is 16.3. The summed E-state index contributed by atoms with van der Waals surface area (Å²) in [7, 11) is 0.112. The molecule has 0 fully saturated rings. The Hall–Kier alpha value is -1.12. The van der Waals surface area contributed by atoms with E-state index in [1.165, 1.54) is 15.4 Å². The second-order valence-electron chi connectivity index (χ2n) is 5.32. The number of halogens is 1. The molecule has 1 aromatic carbocycles. The van der Waals surface area contributed by atoms with Gasteiger partial charge in [-0.2, -0.15) is 0 Å². The lowest BCUT2D eigenvalue weighted by molar-refractivity contribution is 0.570. The quantitative estimate of drug-likeness (QED) is 0.868. The number of hydrogen-bond donors (Lipinski definition) is 1. The van der Waals surface area contributed by atoms with E-state index in [0.29, 0.717) is 10.0 Å². The summed E-state index contributed by atoms with van der Waals surface area (Å²) in [6, 6.07) is 2.89. The van der Waals surface area contributed by atoms with E-state index < -0.39 is 21.1 Å². The number of aromatic nitrogens is 2. The highest BCUT2D eigenvalue weighted by Gasteiger charge is 2.26. The minimum atomic E-state index is -3.25. The van der Waals surface area contributed by atoms with Gasteiger partial charge in [-0.15, -0.1) is 0 Å². The van der Waals surface area contributed by atoms with Gasteiger partial charge in [0.15, 0.2) is 9.84 Å². The average molecular weight is 376 g/mol. The first-order valence-electron chi connectivity index (χ1n) is 6.35. The predicted molar refractivity (Wildman–Crippen MR) is 87.1 cm³/mol. The van der Waals surface area contributed by atoms with Crippen LogP contribution in [0.1, 0.15) is 18.5 Å². The van der Waals surface area contributed by atoms with Crippen molar-refractivity contribution in [1.82, 2.24) is 9.13 Å². The molecule has 1 heterocycles. The molecule has 0 spiro atoms. The predicted octanol–water partition coefficient (Wildman–Crippen LogP) is 1.07. The molecule has 0 radical (unpaired) electrons. The van der Waals surface area contributed by atoms with E-state index in [4.69, 9.17) is 5.73 Å². The zero-order valence-electron chi connectivity index (χ0n) is 12.3. The first-order chi connectivity index (χ1) is 9.55. The van der Waals surface area contributed by atoms with Crippen molar-refractivity contribution in [3.05, 3.63) is 32.7 Å². The van der Waals surface area contributed by atoms with Gasteiger partial charge in [-0.25, -0.2) is 13.2 Å². The fourth-order valence-corrected chi connectivity index (χ4v) is 3.59. The van der Waals surface area contributed by atoms with Crippen molar-refractivity contribution < 1.29 is 8.42 Å². The molecule has 6 nitrogen and oxygen atoms in total. The van der Waals surface area contributed by atoms with Gasteiger partial charge in [0, 0.05) is 30.9 Å². The average Bonchev–Trinajstić information content (AvgIpc) is 2.60. The van der Waals surface area contributed by atoms with Gasteiger partial charge in [0.05, 0.1) is 16.3 Å². The molecule has 0 amide bonds. The zero-order valence-corrected chi connectivity index (χ0v) is 14.7. The molecule has 0 aliphatic rings. The van der Waals surface area contributed by atoms with Crippen LogP contribution in [0, 0.1) is 0 Å². The molecule has 0 aliphatic heterocycles. The van der Waals surface area contributed by atoms with E-state index >= 15 is 0 Å². The fraction of sp³-hybridized carbons (Fsp3) is 0.462. The van der Waals surface area contributed by atoms with E-state index in [1.807, 2.05) is 0 Å². The molecule has 2 atom stereocenters. The van der Waals surface area contributed by atoms with E-state index in [0.717, 1.165) is 11.0 Å².